The first-order valence-electron chi connectivity index (χ1n) is 8.21. The van der Waals surface area contributed by atoms with E-state index in [0.717, 1.165) is 41.0 Å². The predicted octanol–water partition coefficient (Wildman–Crippen LogP) is 3.41. The second-order valence-corrected chi connectivity index (χ2v) is 6.81. The zero-order valence-corrected chi connectivity index (χ0v) is 15.7. The summed E-state index contributed by atoms with van der Waals surface area (Å²) < 4.78 is 5.67. The normalized spacial score (nSPS) is 11.4. The van der Waals surface area contributed by atoms with Crippen molar-refractivity contribution in [3.05, 3.63) is 45.4 Å². The fourth-order valence-electron chi connectivity index (χ4n) is 2.15. The highest BCUT2D eigenvalue weighted by atomic mass is 32.1. The van der Waals surface area contributed by atoms with Crippen LogP contribution in [0.15, 0.2) is 29.3 Å². The number of ether oxygens (including phenoxy) is 1. The Labute approximate surface area is 148 Å². The third-order valence-corrected chi connectivity index (χ3v) is 4.61. The molecule has 1 aromatic heterocycles. The maximum absolute atomic E-state index is 5.67. The summed E-state index contributed by atoms with van der Waals surface area (Å²) in [5.41, 5.74) is 2.26. The molecule has 0 fully saturated rings. The summed E-state index contributed by atoms with van der Waals surface area (Å²) in [7, 11) is 1.77. The van der Waals surface area contributed by atoms with Gasteiger partial charge in [-0.1, -0.05) is 19.1 Å². The summed E-state index contributed by atoms with van der Waals surface area (Å²) in [5.74, 6) is 1.67. The minimum absolute atomic E-state index is 0.679. The number of hydrogen-bond acceptors (Lipinski definition) is 4. The van der Waals surface area contributed by atoms with Crippen molar-refractivity contribution in [2.24, 2.45) is 4.99 Å². The number of aliphatic imine (C=N–C) groups is 1. The van der Waals surface area contributed by atoms with Crippen LogP contribution in [0.1, 0.15) is 34.5 Å². The number of aromatic nitrogens is 1. The van der Waals surface area contributed by atoms with E-state index in [9.17, 15) is 0 Å². The number of guanidine groups is 1. The Morgan fingerprint density at radius 1 is 1.25 bits per heavy atom. The lowest BCUT2D eigenvalue weighted by atomic mass is 10.2. The Hall–Kier alpha value is -2.08. The summed E-state index contributed by atoms with van der Waals surface area (Å²) in [6, 6.07) is 8.13. The van der Waals surface area contributed by atoms with Gasteiger partial charge in [0.2, 0.25) is 0 Å². The molecule has 5 nitrogen and oxygen atoms in total. The molecule has 0 atom stereocenters. The largest absolute Gasteiger partial charge is 0.494 e. The van der Waals surface area contributed by atoms with Crippen molar-refractivity contribution in [2.75, 3.05) is 13.7 Å². The van der Waals surface area contributed by atoms with Gasteiger partial charge in [-0.3, -0.25) is 4.99 Å². The third kappa shape index (κ3) is 5.53. The SMILES string of the molecule is CCCOc1cccc(CNC(=NC)NCc2nc(C)c(C)s2)c1. The van der Waals surface area contributed by atoms with E-state index in [1.165, 1.54) is 4.88 Å². The van der Waals surface area contributed by atoms with E-state index in [2.05, 4.69) is 46.6 Å². The van der Waals surface area contributed by atoms with E-state index < -0.39 is 0 Å². The van der Waals surface area contributed by atoms with Gasteiger partial charge in [0.25, 0.3) is 0 Å². The molecular weight excluding hydrogens is 320 g/mol. The van der Waals surface area contributed by atoms with Crippen LogP contribution >= 0.6 is 11.3 Å². The smallest absolute Gasteiger partial charge is 0.191 e. The molecule has 0 aliphatic rings. The lowest BCUT2D eigenvalue weighted by molar-refractivity contribution is 0.317. The van der Waals surface area contributed by atoms with Crippen molar-refractivity contribution in [3.8, 4) is 5.75 Å². The first-order chi connectivity index (χ1) is 11.6. The molecule has 0 saturated carbocycles. The highest BCUT2D eigenvalue weighted by molar-refractivity contribution is 7.11. The summed E-state index contributed by atoms with van der Waals surface area (Å²) >= 11 is 1.72. The topological polar surface area (TPSA) is 58.5 Å². The lowest BCUT2D eigenvalue weighted by Crippen LogP contribution is -2.36. The molecule has 2 rings (SSSR count). The van der Waals surface area contributed by atoms with E-state index in [4.69, 9.17) is 4.74 Å². The molecule has 24 heavy (non-hydrogen) atoms. The molecule has 0 amide bonds. The Morgan fingerprint density at radius 3 is 2.71 bits per heavy atom. The molecular formula is C18H26N4OS. The maximum Gasteiger partial charge on any atom is 0.191 e. The summed E-state index contributed by atoms with van der Waals surface area (Å²) in [6.07, 6.45) is 1.01. The number of benzene rings is 1. The van der Waals surface area contributed by atoms with Gasteiger partial charge in [-0.05, 0) is 38.0 Å². The molecule has 0 aliphatic carbocycles. The van der Waals surface area contributed by atoms with Crippen molar-refractivity contribution < 1.29 is 4.74 Å². The van der Waals surface area contributed by atoms with Crippen molar-refractivity contribution in [3.63, 3.8) is 0 Å². The van der Waals surface area contributed by atoms with Crippen molar-refractivity contribution in [1.82, 2.24) is 15.6 Å². The van der Waals surface area contributed by atoms with Gasteiger partial charge in [-0.15, -0.1) is 11.3 Å². The fourth-order valence-corrected chi connectivity index (χ4v) is 3.02. The van der Waals surface area contributed by atoms with Gasteiger partial charge in [-0.2, -0.15) is 0 Å². The minimum Gasteiger partial charge on any atom is -0.494 e. The van der Waals surface area contributed by atoms with E-state index >= 15 is 0 Å². The van der Waals surface area contributed by atoms with Gasteiger partial charge in [0.15, 0.2) is 5.96 Å². The van der Waals surface area contributed by atoms with E-state index in [-0.39, 0.29) is 0 Å². The van der Waals surface area contributed by atoms with Crippen LogP contribution in [0.3, 0.4) is 0 Å². The van der Waals surface area contributed by atoms with Crippen LogP contribution in [-0.4, -0.2) is 24.6 Å². The van der Waals surface area contributed by atoms with Crippen LogP contribution in [0.2, 0.25) is 0 Å². The van der Waals surface area contributed by atoms with Crippen LogP contribution in [0.5, 0.6) is 5.75 Å². The standard InChI is InChI=1S/C18H26N4OS/c1-5-9-23-16-8-6-7-15(10-16)11-20-18(19-4)21-12-17-22-13(2)14(3)24-17/h6-8,10H,5,9,11-12H2,1-4H3,(H2,19,20,21). The Morgan fingerprint density at radius 2 is 2.04 bits per heavy atom. The summed E-state index contributed by atoms with van der Waals surface area (Å²) in [6.45, 7) is 8.35. The van der Waals surface area contributed by atoms with Gasteiger partial charge in [0.05, 0.1) is 18.8 Å². The second-order valence-electron chi connectivity index (χ2n) is 5.52. The molecule has 1 heterocycles. The van der Waals surface area contributed by atoms with E-state index in [1.807, 2.05) is 19.1 Å². The average molecular weight is 347 g/mol. The van der Waals surface area contributed by atoms with E-state index in [1.54, 1.807) is 18.4 Å². The van der Waals surface area contributed by atoms with Gasteiger partial charge in [-0.25, -0.2) is 4.98 Å². The molecule has 130 valence electrons. The van der Waals surface area contributed by atoms with Crippen LogP contribution in [0.25, 0.3) is 0 Å². The van der Waals surface area contributed by atoms with Crippen LogP contribution in [-0.2, 0) is 13.1 Å². The first kappa shape index (κ1) is 18.3. The number of nitrogens with zero attached hydrogens (tertiary/aromatic N) is 2. The lowest BCUT2D eigenvalue weighted by Gasteiger charge is -2.12. The number of nitrogens with one attached hydrogen (secondary N) is 2. The van der Waals surface area contributed by atoms with E-state index in [0.29, 0.717) is 13.1 Å². The van der Waals surface area contributed by atoms with Crippen molar-refractivity contribution >= 4 is 17.3 Å². The van der Waals surface area contributed by atoms with Crippen molar-refractivity contribution in [2.45, 2.75) is 40.3 Å². The molecule has 1 aromatic carbocycles. The molecule has 2 N–H and O–H groups in total. The zero-order chi connectivity index (χ0) is 17.4. The monoisotopic (exact) mass is 346 g/mol. The quantitative estimate of drug-likeness (QED) is 0.596. The van der Waals surface area contributed by atoms with Gasteiger partial charge in [0.1, 0.15) is 10.8 Å². The second kappa shape index (κ2) is 9.27. The number of thiazole rings is 1. The molecule has 0 aliphatic heterocycles. The average Bonchev–Trinajstić information content (AvgIpc) is 2.91. The molecule has 2 aromatic rings. The van der Waals surface area contributed by atoms with Crippen LogP contribution in [0.4, 0.5) is 0 Å². The number of rotatable bonds is 7. The highest BCUT2D eigenvalue weighted by Crippen LogP contribution is 2.16. The third-order valence-electron chi connectivity index (χ3n) is 3.53. The van der Waals surface area contributed by atoms with Crippen LogP contribution < -0.4 is 15.4 Å². The molecule has 0 radical (unpaired) electrons. The predicted molar refractivity (Wildman–Crippen MR) is 101 cm³/mol. The maximum atomic E-state index is 5.67. The first-order valence-corrected chi connectivity index (χ1v) is 9.03. The summed E-state index contributed by atoms with van der Waals surface area (Å²) in [4.78, 5) is 10.1. The van der Waals surface area contributed by atoms with Crippen molar-refractivity contribution in [1.29, 1.82) is 0 Å². The zero-order valence-electron chi connectivity index (χ0n) is 14.8. The molecule has 0 spiro atoms. The number of hydrogen-bond donors (Lipinski definition) is 2. The fraction of sp³-hybridized carbons (Fsp3) is 0.444. The Kier molecular flexibility index (Phi) is 7.06. The Bertz CT molecular complexity index is 662. The van der Waals surface area contributed by atoms with Gasteiger partial charge >= 0.3 is 0 Å². The molecule has 0 saturated heterocycles. The molecule has 0 unspecified atom stereocenters. The molecule has 0 bridgehead atoms. The summed E-state index contributed by atoms with van der Waals surface area (Å²) in [5, 5.41) is 7.69. The Balaban J connectivity index is 1.85. The van der Waals surface area contributed by atoms with Gasteiger partial charge < -0.3 is 15.4 Å². The highest BCUT2D eigenvalue weighted by Gasteiger charge is 2.05. The van der Waals surface area contributed by atoms with Gasteiger partial charge in [0, 0.05) is 18.5 Å². The van der Waals surface area contributed by atoms with Crippen LogP contribution in [0, 0.1) is 13.8 Å². The minimum atomic E-state index is 0.679. The number of aryl methyl sites for hydroxylation is 2. The molecule has 6 heteroatoms.